The van der Waals surface area contributed by atoms with Crippen LogP contribution >= 0.6 is 0 Å². The Morgan fingerprint density at radius 3 is 2.77 bits per heavy atom. The van der Waals surface area contributed by atoms with Crippen LogP contribution in [0, 0.1) is 0 Å². The minimum absolute atomic E-state index is 0.0744. The number of hydrogen-bond donors (Lipinski definition) is 0. The van der Waals surface area contributed by atoms with E-state index in [4.69, 9.17) is 18.7 Å². The zero-order valence-electron chi connectivity index (χ0n) is 12.3. The van der Waals surface area contributed by atoms with Crippen molar-refractivity contribution in [1.82, 2.24) is 9.72 Å². The fourth-order valence-corrected chi connectivity index (χ4v) is 2.07. The Hall–Kier alpha value is -2.54. The summed E-state index contributed by atoms with van der Waals surface area (Å²) in [7, 11) is 3.16. The minimum Gasteiger partial charge on any atom is -0.493 e. The zero-order valence-corrected chi connectivity index (χ0v) is 12.3. The summed E-state index contributed by atoms with van der Waals surface area (Å²) in [5, 5.41) is 3.77. The van der Waals surface area contributed by atoms with Gasteiger partial charge in [-0.05, 0) is 23.8 Å². The van der Waals surface area contributed by atoms with Gasteiger partial charge in [0.25, 0.3) is 0 Å². The first-order chi connectivity index (χ1) is 10.7. The molecule has 0 saturated carbocycles. The van der Waals surface area contributed by atoms with Crippen LogP contribution in [0.5, 0.6) is 11.5 Å². The van der Waals surface area contributed by atoms with Crippen molar-refractivity contribution < 1.29 is 18.7 Å². The molecule has 1 unspecified atom stereocenters. The van der Waals surface area contributed by atoms with Gasteiger partial charge in [-0.3, -0.25) is 9.09 Å². The van der Waals surface area contributed by atoms with E-state index in [0.717, 1.165) is 5.56 Å². The van der Waals surface area contributed by atoms with E-state index >= 15 is 0 Å². The Morgan fingerprint density at radius 1 is 1.32 bits per heavy atom. The second-order valence-corrected chi connectivity index (χ2v) is 4.82. The summed E-state index contributed by atoms with van der Waals surface area (Å²) in [5.41, 5.74) is 0.891. The first-order valence-corrected chi connectivity index (χ1v) is 6.79. The van der Waals surface area contributed by atoms with Gasteiger partial charge in [0.15, 0.2) is 17.3 Å². The van der Waals surface area contributed by atoms with Crippen LogP contribution in [0.2, 0.25) is 0 Å². The molecule has 0 bridgehead atoms. The Morgan fingerprint density at radius 2 is 2.09 bits per heavy atom. The molecule has 22 heavy (non-hydrogen) atoms. The number of aromatic nitrogens is 2. The average Bonchev–Trinajstić information content (AvgIpc) is 3.30. The lowest BCUT2D eigenvalue weighted by atomic mass is 10.2. The lowest BCUT2D eigenvalue weighted by molar-refractivity contribution is 0.353. The Bertz CT molecular complexity index is 743. The van der Waals surface area contributed by atoms with Crippen LogP contribution in [0.25, 0.3) is 12.2 Å². The molecule has 116 valence electrons. The number of rotatable bonds is 6. The van der Waals surface area contributed by atoms with Crippen molar-refractivity contribution in [3.8, 4) is 11.5 Å². The standard InChI is InChI=1S/C15H16N2O5/c1-19-12-5-3-10(7-13(12)20-2)4-6-14-16-22-15(18)17(14)8-11-9-21-11/h3-7,11H,8-9H2,1-2H3. The first kappa shape index (κ1) is 14.4. The highest BCUT2D eigenvalue weighted by molar-refractivity contribution is 5.68. The highest BCUT2D eigenvalue weighted by atomic mass is 16.6. The molecule has 2 heterocycles. The van der Waals surface area contributed by atoms with Crippen molar-refractivity contribution in [3.63, 3.8) is 0 Å². The first-order valence-electron chi connectivity index (χ1n) is 6.79. The van der Waals surface area contributed by atoms with Crippen LogP contribution in [0.15, 0.2) is 27.5 Å². The molecule has 1 saturated heterocycles. The van der Waals surface area contributed by atoms with Crippen molar-refractivity contribution in [2.24, 2.45) is 0 Å². The van der Waals surface area contributed by atoms with Crippen LogP contribution in [0.4, 0.5) is 0 Å². The fourth-order valence-electron chi connectivity index (χ4n) is 2.07. The molecular weight excluding hydrogens is 288 g/mol. The Labute approximate surface area is 126 Å². The van der Waals surface area contributed by atoms with Crippen LogP contribution in [-0.2, 0) is 11.3 Å². The molecule has 0 radical (unpaired) electrons. The van der Waals surface area contributed by atoms with Gasteiger partial charge in [-0.1, -0.05) is 17.3 Å². The lowest BCUT2D eigenvalue weighted by Gasteiger charge is -2.07. The molecule has 1 aliphatic heterocycles. The molecule has 7 nitrogen and oxygen atoms in total. The quantitative estimate of drug-likeness (QED) is 0.751. The third-order valence-electron chi connectivity index (χ3n) is 3.34. The molecule has 0 aliphatic carbocycles. The van der Waals surface area contributed by atoms with Gasteiger partial charge in [-0.15, -0.1) is 0 Å². The molecule has 1 aromatic carbocycles. The molecule has 3 rings (SSSR count). The normalized spacial score (nSPS) is 16.9. The van der Waals surface area contributed by atoms with Crippen LogP contribution in [0.3, 0.4) is 0 Å². The smallest absolute Gasteiger partial charge is 0.441 e. The monoisotopic (exact) mass is 304 g/mol. The van der Waals surface area contributed by atoms with Gasteiger partial charge < -0.3 is 14.2 Å². The molecule has 1 aliphatic rings. The predicted molar refractivity (Wildman–Crippen MR) is 79.0 cm³/mol. The fraction of sp³-hybridized carbons (Fsp3) is 0.333. The highest BCUT2D eigenvalue weighted by Gasteiger charge is 2.25. The summed E-state index contributed by atoms with van der Waals surface area (Å²) < 4.78 is 21.7. The Kier molecular flexibility index (Phi) is 3.97. The molecule has 0 amide bonds. The molecule has 0 N–H and O–H groups in total. The summed E-state index contributed by atoms with van der Waals surface area (Å²) >= 11 is 0. The minimum atomic E-state index is -0.484. The van der Waals surface area contributed by atoms with Gasteiger partial charge in [-0.2, -0.15) is 0 Å². The number of benzene rings is 1. The van der Waals surface area contributed by atoms with Crippen molar-refractivity contribution >= 4 is 12.2 Å². The van der Waals surface area contributed by atoms with Crippen LogP contribution < -0.4 is 15.2 Å². The molecule has 1 aromatic heterocycles. The number of methoxy groups -OCH3 is 2. The Balaban J connectivity index is 1.83. The molecular formula is C15H16N2O5. The number of nitrogens with zero attached hydrogens (tertiary/aromatic N) is 2. The predicted octanol–water partition coefficient (Wildman–Crippen LogP) is 1.42. The number of hydrogen-bond acceptors (Lipinski definition) is 6. The molecule has 2 aromatic rings. The topological polar surface area (TPSA) is 79.0 Å². The van der Waals surface area contributed by atoms with Crippen LogP contribution in [0.1, 0.15) is 11.4 Å². The average molecular weight is 304 g/mol. The summed E-state index contributed by atoms with van der Waals surface area (Å²) in [5.74, 6) is 1.26. The van der Waals surface area contributed by atoms with Crippen molar-refractivity contribution in [1.29, 1.82) is 0 Å². The van der Waals surface area contributed by atoms with Gasteiger partial charge in [0.05, 0.1) is 33.5 Å². The van der Waals surface area contributed by atoms with Gasteiger partial charge in [0, 0.05) is 0 Å². The van der Waals surface area contributed by atoms with E-state index in [1.54, 1.807) is 20.3 Å². The second kappa shape index (κ2) is 6.07. The summed E-state index contributed by atoms with van der Waals surface area (Å²) in [6, 6.07) is 5.53. The maximum Gasteiger partial charge on any atom is 0.441 e. The van der Waals surface area contributed by atoms with E-state index in [1.165, 1.54) is 4.57 Å². The largest absolute Gasteiger partial charge is 0.493 e. The lowest BCUT2D eigenvalue weighted by Crippen LogP contribution is -2.18. The number of epoxide rings is 1. The van der Waals surface area contributed by atoms with Gasteiger partial charge in [0.2, 0.25) is 0 Å². The number of ether oxygens (including phenoxy) is 3. The van der Waals surface area contributed by atoms with E-state index in [2.05, 4.69) is 5.16 Å². The molecule has 0 spiro atoms. The van der Waals surface area contributed by atoms with Gasteiger partial charge in [0.1, 0.15) is 0 Å². The van der Waals surface area contributed by atoms with E-state index in [9.17, 15) is 4.79 Å². The van der Waals surface area contributed by atoms with Crippen LogP contribution in [-0.4, -0.2) is 36.7 Å². The van der Waals surface area contributed by atoms with Crippen molar-refractivity contribution in [2.75, 3.05) is 20.8 Å². The molecule has 1 fully saturated rings. The summed E-state index contributed by atoms with van der Waals surface area (Å²) in [4.78, 5) is 11.6. The second-order valence-electron chi connectivity index (χ2n) is 4.82. The van der Waals surface area contributed by atoms with Crippen molar-refractivity contribution in [2.45, 2.75) is 12.6 Å². The SMILES string of the molecule is COc1ccc(C=Cc2noc(=O)n2CC2CO2)cc1OC. The molecule has 1 atom stereocenters. The summed E-state index contributed by atoms with van der Waals surface area (Å²) in [6.07, 6.45) is 3.61. The zero-order chi connectivity index (χ0) is 15.5. The molecule has 7 heteroatoms. The van der Waals surface area contributed by atoms with E-state index < -0.39 is 5.76 Å². The summed E-state index contributed by atoms with van der Waals surface area (Å²) in [6.45, 7) is 1.12. The third kappa shape index (κ3) is 3.04. The van der Waals surface area contributed by atoms with E-state index in [0.29, 0.717) is 30.5 Å². The third-order valence-corrected chi connectivity index (χ3v) is 3.34. The maximum atomic E-state index is 11.6. The van der Waals surface area contributed by atoms with Crippen molar-refractivity contribution in [3.05, 3.63) is 40.1 Å². The maximum absolute atomic E-state index is 11.6. The van der Waals surface area contributed by atoms with Gasteiger partial charge >= 0.3 is 5.76 Å². The van der Waals surface area contributed by atoms with E-state index in [-0.39, 0.29) is 6.10 Å². The van der Waals surface area contributed by atoms with E-state index in [1.807, 2.05) is 24.3 Å². The highest BCUT2D eigenvalue weighted by Crippen LogP contribution is 2.28. The van der Waals surface area contributed by atoms with Gasteiger partial charge in [-0.25, -0.2) is 4.79 Å².